The Bertz CT molecular complexity index is 341. The fraction of sp³-hybridized carbons (Fsp3) is 0.643. The van der Waals surface area contributed by atoms with Gasteiger partial charge in [-0.2, -0.15) is 0 Å². The quantitative estimate of drug-likeness (QED) is 0.869. The van der Waals surface area contributed by atoms with Crippen LogP contribution in [-0.4, -0.2) is 49.2 Å². The summed E-state index contributed by atoms with van der Waals surface area (Å²) in [6, 6.07) is 4.19. The molecule has 0 aliphatic carbocycles. The van der Waals surface area contributed by atoms with Crippen LogP contribution in [0.3, 0.4) is 0 Å². The van der Waals surface area contributed by atoms with E-state index in [-0.39, 0.29) is 0 Å². The monoisotopic (exact) mass is 248 g/mol. The van der Waals surface area contributed by atoms with Gasteiger partial charge in [0.15, 0.2) is 0 Å². The summed E-state index contributed by atoms with van der Waals surface area (Å²) in [6.07, 6.45) is 4.96. The Hall–Kier alpha value is -1.13. The smallest absolute Gasteiger partial charge is 0.0397 e. The average Bonchev–Trinajstić information content (AvgIpc) is 2.65. The average molecular weight is 248 g/mol. The largest absolute Gasteiger partial charge is 0.370 e. The first kappa shape index (κ1) is 13.3. The third-order valence-corrected chi connectivity index (χ3v) is 3.59. The number of anilines is 1. The molecule has 0 radical (unpaired) electrons. The Morgan fingerprint density at radius 3 is 2.72 bits per heavy atom. The summed E-state index contributed by atoms with van der Waals surface area (Å²) in [5.41, 5.74) is 6.99. The molecule has 0 amide bonds. The van der Waals surface area contributed by atoms with E-state index >= 15 is 0 Å². The molecular weight excluding hydrogens is 224 g/mol. The van der Waals surface area contributed by atoms with E-state index < -0.39 is 0 Å². The molecule has 0 saturated carbocycles. The van der Waals surface area contributed by atoms with E-state index in [0.717, 1.165) is 32.7 Å². The highest BCUT2D eigenvalue weighted by Crippen LogP contribution is 2.15. The van der Waals surface area contributed by atoms with Crippen LogP contribution >= 0.6 is 0 Å². The zero-order valence-electron chi connectivity index (χ0n) is 11.3. The highest BCUT2D eigenvalue weighted by Gasteiger charge is 2.16. The molecule has 2 rings (SSSR count). The maximum atomic E-state index is 5.70. The topological polar surface area (TPSA) is 45.4 Å². The third kappa shape index (κ3) is 3.68. The summed E-state index contributed by atoms with van der Waals surface area (Å²) in [6.45, 7) is 8.69. The number of aromatic nitrogens is 1. The maximum Gasteiger partial charge on any atom is 0.0397 e. The molecule has 4 heteroatoms. The van der Waals surface area contributed by atoms with Gasteiger partial charge < -0.3 is 15.5 Å². The predicted octanol–water partition coefficient (Wildman–Crippen LogP) is 1.19. The molecule has 4 nitrogen and oxygen atoms in total. The molecular formula is C14H24N4. The number of hydrogen-bond acceptors (Lipinski definition) is 4. The van der Waals surface area contributed by atoms with Crippen molar-refractivity contribution in [1.82, 2.24) is 9.88 Å². The molecule has 1 atom stereocenters. The Balaban J connectivity index is 1.89. The molecule has 0 spiro atoms. The molecule has 1 aliphatic rings. The molecule has 1 aliphatic heterocycles. The molecule has 0 aromatic carbocycles. The second-order valence-corrected chi connectivity index (χ2v) is 5.19. The highest BCUT2D eigenvalue weighted by atomic mass is 15.2. The molecule has 2 heterocycles. The lowest BCUT2D eigenvalue weighted by Crippen LogP contribution is -2.35. The van der Waals surface area contributed by atoms with Gasteiger partial charge in [-0.05, 0) is 37.6 Å². The van der Waals surface area contributed by atoms with Gasteiger partial charge in [0, 0.05) is 44.3 Å². The van der Waals surface area contributed by atoms with Crippen molar-refractivity contribution in [3.63, 3.8) is 0 Å². The number of nitrogens with two attached hydrogens (primary N) is 1. The Morgan fingerprint density at radius 2 is 2.00 bits per heavy atom. The van der Waals surface area contributed by atoms with Crippen molar-refractivity contribution in [2.45, 2.75) is 13.3 Å². The van der Waals surface area contributed by atoms with E-state index in [9.17, 15) is 0 Å². The van der Waals surface area contributed by atoms with E-state index in [1.165, 1.54) is 18.7 Å². The lowest BCUT2D eigenvalue weighted by molar-refractivity contribution is 0.255. The zero-order chi connectivity index (χ0) is 12.8. The third-order valence-electron chi connectivity index (χ3n) is 3.59. The summed E-state index contributed by atoms with van der Waals surface area (Å²) >= 11 is 0. The van der Waals surface area contributed by atoms with Crippen LogP contribution in [0.1, 0.15) is 13.3 Å². The fourth-order valence-electron chi connectivity index (χ4n) is 2.48. The lowest BCUT2D eigenvalue weighted by atomic mass is 10.1. The van der Waals surface area contributed by atoms with Crippen LogP contribution in [0, 0.1) is 5.92 Å². The normalized spacial score (nSPS) is 19.6. The van der Waals surface area contributed by atoms with Crippen molar-refractivity contribution >= 4 is 5.69 Å². The minimum atomic E-state index is 0.595. The van der Waals surface area contributed by atoms with Gasteiger partial charge in [-0.1, -0.05) is 6.92 Å². The van der Waals surface area contributed by atoms with Crippen molar-refractivity contribution in [2.24, 2.45) is 11.7 Å². The van der Waals surface area contributed by atoms with E-state index in [1.807, 2.05) is 12.4 Å². The first-order valence-electron chi connectivity index (χ1n) is 6.87. The SMILES string of the molecule is CC(CN)CN1CCCN(c2ccncc2)CC1. The first-order valence-corrected chi connectivity index (χ1v) is 6.87. The highest BCUT2D eigenvalue weighted by molar-refractivity contribution is 5.44. The minimum absolute atomic E-state index is 0.595. The van der Waals surface area contributed by atoms with E-state index in [1.54, 1.807) is 0 Å². The van der Waals surface area contributed by atoms with Crippen molar-refractivity contribution in [1.29, 1.82) is 0 Å². The van der Waals surface area contributed by atoms with Crippen molar-refractivity contribution in [3.8, 4) is 0 Å². The zero-order valence-corrected chi connectivity index (χ0v) is 11.3. The second kappa shape index (κ2) is 6.71. The van der Waals surface area contributed by atoms with E-state index in [4.69, 9.17) is 5.73 Å². The van der Waals surface area contributed by atoms with Crippen LogP contribution in [-0.2, 0) is 0 Å². The van der Waals surface area contributed by atoms with Crippen LogP contribution in [0.4, 0.5) is 5.69 Å². The Kier molecular flexibility index (Phi) is 4.96. The summed E-state index contributed by atoms with van der Waals surface area (Å²) in [4.78, 5) is 9.07. The van der Waals surface area contributed by atoms with Crippen LogP contribution in [0.25, 0.3) is 0 Å². The Labute approximate surface area is 110 Å². The van der Waals surface area contributed by atoms with Crippen molar-refractivity contribution < 1.29 is 0 Å². The van der Waals surface area contributed by atoms with Gasteiger partial charge in [0.05, 0.1) is 0 Å². The van der Waals surface area contributed by atoms with Crippen LogP contribution in [0.2, 0.25) is 0 Å². The van der Waals surface area contributed by atoms with Crippen LogP contribution in [0.15, 0.2) is 24.5 Å². The maximum absolute atomic E-state index is 5.70. The molecule has 2 N–H and O–H groups in total. The summed E-state index contributed by atoms with van der Waals surface area (Å²) in [5.74, 6) is 0.595. The summed E-state index contributed by atoms with van der Waals surface area (Å²) < 4.78 is 0. The molecule has 1 fully saturated rings. The van der Waals surface area contributed by atoms with Crippen molar-refractivity contribution in [3.05, 3.63) is 24.5 Å². The molecule has 1 unspecified atom stereocenters. The molecule has 100 valence electrons. The molecule has 1 saturated heterocycles. The van der Waals surface area contributed by atoms with Gasteiger partial charge in [0.25, 0.3) is 0 Å². The fourth-order valence-corrected chi connectivity index (χ4v) is 2.48. The number of nitrogens with zero attached hydrogens (tertiary/aromatic N) is 3. The van der Waals surface area contributed by atoms with Crippen LogP contribution in [0.5, 0.6) is 0 Å². The van der Waals surface area contributed by atoms with Crippen LogP contribution < -0.4 is 10.6 Å². The van der Waals surface area contributed by atoms with Gasteiger partial charge >= 0.3 is 0 Å². The lowest BCUT2D eigenvalue weighted by Gasteiger charge is -2.24. The standard InChI is InChI=1S/C14H24N4/c1-13(11-15)12-17-7-2-8-18(10-9-17)14-3-5-16-6-4-14/h3-6,13H,2,7-12,15H2,1H3. The summed E-state index contributed by atoms with van der Waals surface area (Å²) in [5, 5.41) is 0. The second-order valence-electron chi connectivity index (χ2n) is 5.19. The number of hydrogen-bond donors (Lipinski definition) is 1. The minimum Gasteiger partial charge on any atom is -0.370 e. The first-order chi connectivity index (χ1) is 8.79. The van der Waals surface area contributed by atoms with Gasteiger partial charge in [0.2, 0.25) is 0 Å². The predicted molar refractivity (Wildman–Crippen MR) is 75.7 cm³/mol. The molecule has 1 aromatic rings. The number of rotatable bonds is 4. The number of pyridine rings is 1. The molecule has 0 bridgehead atoms. The van der Waals surface area contributed by atoms with Gasteiger partial charge in [-0.25, -0.2) is 0 Å². The van der Waals surface area contributed by atoms with Gasteiger partial charge in [-0.15, -0.1) is 0 Å². The van der Waals surface area contributed by atoms with Gasteiger partial charge in [0.1, 0.15) is 0 Å². The van der Waals surface area contributed by atoms with E-state index in [0.29, 0.717) is 5.92 Å². The summed E-state index contributed by atoms with van der Waals surface area (Å²) in [7, 11) is 0. The molecule has 1 aromatic heterocycles. The molecule has 18 heavy (non-hydrogen) atoms. The van der Waals surface area contributed by atoms with E-state index in [2.05, 4.69) is 33.8 Å². The van der Waals surface area contributed by atoms with Crippen molar-refractivity contribution in [2.75, 3.05) is 44.2 Å². The Morgan fingerprint density at radius 1 is 1.22 bits per heavy atom. The van der Waals surface area contributed by atoms with Gasteiger partial charge in [-0.3, -0.25) is 4.98 Å².